The molecular weight excluding hydrogens is 272 g/mol. The lowest BCUT2D eigenvalue weighted by molar-refractivity contribution is -0.117. The van der Waals surface area contributed by atoms with Crippen molar-refractivity contribution in [2.75, 3.05) is 11.5 Å². The fourth-order valence-corrected chi connectivity index (χ4v) is 5.04. The molecule has 0 radical (unpaired) electrons. The van der Waals surface area contributed by atoms with Gasteiger partial charge in [0.2, 0.25) is 0 Å². The van der Waals surface area contributed by atoms with E-state index in [2.05, 4.69) is 45.0 Å². The summed E-state index contributed by atoms with van der Waals surface area (Å²) in [7, 11) is 0. The van der Waals surface area contributed by atoms with Crippen molar-refractivity contribution < 1.29 is 4.79 Å². The van der Waals surface area contributed by atoms with Gasteiger partial charge in [-0.2, -0.15) is 11.8 Å². The molecule has 0 saturated carbocycles. The largest absolute Gasteiger partial charge is 0.298 e. The van der Waals surface area contributed by atoms with Crippen molar-refractivity contribution in [3.05, 3.63) is 35.4 Å². The number of rotatable bonds is 4. The van der Waals surface area contributed by atoms with Crippen LogP contribution >= 0.6 is 23.5 Å². The molecule has 1 fully saturated rings. The van der Waals surface area contributed by atoms with E-state index in [9.17, 15) is 4.79 Å². The SMILES string of the molecule is CC(C)c1ccc(CC(=O)C2SCCSC2C)cc1. The first-order valence-electron chi connectivity index (χ1n) is 6.92. The molecule has 0 aliphatic carbocycles. The molecule has 2 atom stereocenters. The molecule has 1 aromatic rings. The lowest BCUT2D eigenvalue weighted by Gasteiger charge is -2.26. The monoisotopic (exact) mass is 294 g/mol. The van der Waals surface area contributed by atoms with Crippen molar-refractivity contribution in [2.45, 2.75) is 43.6 Å². The van der Waals surface area contributed by atoms with E-state index >= 15 is 0 Å². The number of ketones is 1. The first-order chi connectivity index (χ1) is 9.08. The van der Waals surface area contributed by atoms with Gasteiger partial charge in [-0.25, -0.2) is 0 Å². The van der Waals surface area contributed by atoms with Gasteiger partial charge in [0.05, 0.1) is 5.25 Å². The van der Waals surface area contributed by atoms with Crippen LogP contribution in [0.15, 0.2) is 24.3 Å². The summed E-state index contributed by atoms with van der Waals surface area (Å²) in [4.78, 5) is 12.4. The van der Waals surface area contributed by atoms with Crippen LogP contribution in [-0.4, -0.2) is 27.8 Å². The van der Waals surface area contributed by atoms with Crippen LogP contribution < -0.4 is 0 Å². The molecule has 1 heterocycles. The third-order valence-corrected chi connectivity index (χ3v) is 6.67. The van der Waals surface area contributed by atoms with Gasteiger partial charge in [0.15, 0.2) is 5.78 Å². The molecule has 0 N–H and O–H groups in total. The normalized spacial score (nSPS) is 23.6. The molecule has 1 aromatic carbocycles. The second-order valence-electron chi connectivity index (χ2n) is 5.41. The summed E-state index contributed by atoms with van der Waals surface area (Å²) >= 11 is 3.77. The molecule has 19 heavy (non-hydrogen) atoms. The average molecular weight is 294 g/mol. The summed E-state index contributed by atoms with van der Waals surface area (Å²) in [5.74, 6) is 3.23. The molecule has 2 rings (SSSR count). The van der Waals surface area contributed by atoms with Gasteiger partial charge in [-0.1, -0.05) is 45.0 Å². The Bertz CT molecular complexity index is 425. The maximum Gasteiger partial charge on any atom is 0.151 e. The predicted octanol–water partition coefficient (Wildman–Crippen LogP) is 4.16. The molecule has 0 bridgehead atoms. The fourth-order valence-electron chi connectivity index (χ4n) is 2.31. The number of benzene rings is 1. The first-order valence-corrected chi connectivity index (χ1v) is 9.02. The van der Waals surface area contributed by atoms with Crippen molar-refractivity contribution in [3.63, 3.8) is 0 Å². The van der Waals surface area contributed by atoms with E-state index in [1.807, 2.05) is 23.5 Å². The number of hydrogen-bond donors (Lipinski definition) is 0. The molecule has 3 heteroatoms. The third-order valence-electron chi connectivity index (χ3n) is 3.53. The van der Waals surface area contributed by atoms with Crippen LogP contribution in [0.1, 0.15) is 37.8 Å². The van der Waals surface area contributed by atoms with Crippen LogP contribution in [0.3, 0.4) is 0 Å². The zero-order valence-electron chi connectivity index (χ0n) is 11.9. The van der Waals surface area contributed by atoms with Crippen molar-refractivity contribution in [1.82, 2.24) is 0 Å². The number of Topliss-reactive ketones (excluding diaryl/α,β-unsaturated/α-hetero) is 1. The predicted molar refractivity (Wildman–Crippen MR) is 87.4 cm³/mol. The summed E-state index contributed by atoms with van der Waals surface area (Å²) in [6, 6.07) is 8.52. The highest BCUT2D eigenvalue weighted by Gasteiger charge is 2.28. The summed E-state index contributed by atoms with van der Waals surface area (Å²) < 4.78 is 0. The number of carbonyl (C=O) groups excluding carboxylic acids is 1. The molecule has 0 amide bonds. The standard InChI is InChI=1S/C16H22OS2/c1-11(2)14-6-4-13(5-7-14)10-15(17)16-12(3)18-8-9-19-16/h4-7,11-12,16H,8-10H2,1-3H3. The number of hydrogen-bond acceptors (Lipinski definition) is 3. The summed E-state index contributed by atoms with van der Waals surface area (Å²) in [6.07, 6.45) is 0.584. The van der Waals surface area contributed by atoms with Gasteiger partial charge < -0.3 is 0 Å². The Morgan fingerprint density at radius 1 is 1.21 bits per heavy atom. The van der Waals surface area contributed by atoms with Gasteiger partial charge >= 0.3 is 0 Å². The zero-order valence-corrected chi connectivity index (χ0v) is 13.5. The van der Waals surface area contributed by atoms with E-state index in [-0.39, 0.29) is 5.25 Å². The Kier molecular flexibility index (Phi) is 5.40. The van der Waals surface area contributed by atoms with E-state index < -0.39 is 0 Å². The fraction of sp³-hybridized carbons (Fsp3) is 0.562. The van der Waals surface area contributed by atoms with E-state index in [4.69, 9.17) is 0 Å². The van der Waals surface area contributed by atoms with E-state index in [1.54, 1.807) is 0 Å². The average Bonchev–Trinajstić information content (AvgIpc) is 2.39. The van der Waals surface area contributed by atoms with Crippen molar-refractivity contribution in [2.24, 2.45) is 0 Å². The van der Waals surface area contributed by atoms with Crippen LogP contribution in [0.25, 0.3) is 0 Å². The minimum Gasteiger partial charge on any atom is -0.298 e. The third kappa shape index (κ3) is 4.03. The highest BCUT2D eigenvalue weighted by atomic mass is 32.2. The Balaban J connectivity index is 1.98. The Labute approximate surface area is 124 Å². The van der Waals surface area contributed by atoms with Gasteiger partial charge in [-0.15, -0.1) is 11.8 Å². The van der Waals surface area contributed by atoms with Crippen molar-refractivity contribution in [1.29, 1.82) is 0 Å². The number of carbonyl (C=O) groups is 1. The maximum absolute atomic E-state index is 12.4. The van der Waals surface area contributed by atoms with Gasteiger partial charge in [0.25, 0.3) is 0 Å². The molecule has 1 aliphatic rings. The van der Waals surface area contributed by atoms with Crippen LogP contribution in [0.2, 0.25) is 0 Å². The topological polar surface area (TPSA) is 17.1 Å². The van der Waals surface area contributed by atoms with Gasteiger partial charge in [0.1, 0.15) is 0 Å². The summed E-state index contributed by atoms with van der Waals surface area (Å²) in [5.41, 5.74) is 2.49. The van der Waals surface area contributed by atoms with Crippen molar-refractivity contribution in [3.8, 4) is 0 Å². The lowest BCUT2D eigenvalue weighted by atomic mass is 9.99. The van der Waals surface area contributed by atoms with Crippen LogP contribution in [-0.2, 0) is 11.2 Å². The quantitative estimate of drug-likeness (QED) is 0.830. The molecule has 0 aromatic heterocycles. The second-order valence-corrected chi connectivity index (χ2v) is 8.14. The summed E-state index contributed by atoms with van der Waals surface area (Å²) in [6.45, 7) is 6.57. The Morgan fingerprint density at radius 3 is 2.42 bits per heavy atom. The lowest BCUT2D eigenvalue weighted by Crippen LogP contribution is -2.32. The van der Waals surface area contributed by atoms with Gasteiger partial charge in [-0.05, 0) is 17.0 Å². The molecule has 1 aliphatic heterocycles. The number of thioether (sulfide) groups is 2. The molecule has 0 spiro atoms. The van der Waals surface area contributed by atoms with Crippen molar-refractivity contribution >= 4 is 29.3 Å². The second kappa shape index (κ2) is 6.85. The Hall–Kier alpha value is -0.410. The van der Waals surface area contributed by atoms with Gasteiger partial charge in [-0.3, -0.25) is 4.79 Å². The molecular formula is C16H22OS2. The maximum atomic E-state index is 12.4. The molecule has 1 saturated heterocycles. The molecule has 104 valence electrons. The van der Waals surface area contributed by atoms with Crippen LogP contribution in [0.5, 0.6) is 0 Å². The highest BCUT2D eigenvalue weighted by molar-refractivity contribution is 8.07. The van der Waals surface area contributed by atoms with E-state index in [1.165, 1.54) is 11.3 Å². The Morgan fingerprint density at radius 2 is 1.84 bits per heavy atom. The van der Waals surface area contributed by atoms with E-state index in [0.29, 0.717) is 23.4 Å². The minimum absolute atomic E-state index is 0.184. The molecule has 2 unspecified atom stereocenters. The first kappa shape index (κ1) is 15.0. The summed E-state index contributed by atoms with van der Waals surface area (Å²) in [5, 5.41) is 0.643. The molecule has 1 nitrogen and oxygen atoms in total. The highest BCUT2D eigenvalue weighted by Crippen LogP contribution is 2.32. The van der Waals surface area contributed by atoms with E-state index in [0.717, 1.165) is 11.3 Å². The minimum atomic E-state index is 0.184. The van der Waals surface area contributed by atoms with Crippen LogP contribution in [0, 0.1) is 0 Å². The van der Waals surface area contributed by atoms with Crippen LogP contribution in [0.4, 0.5) is 0 Å². The zero-order chi connectivity index (χ0) is 13.8. The van der Waals surface area contributed by atoms with Gasteiger partial charge in [0, 0.05) is 23.2 Å². The smallest absolute Gasteiger partial charge is 0.151 e.